The monoisotopic (exact) mass is 423 g/mol. The number of nitrogens with zero attached hydrogens (tertiary/aromatic N) is 1. The summed E-state index contributed by atoms with van der Waals surface area (Å²) in [5.74, 6) is 0.233. The first kappa shape index (κ1) is 22.2. The SMILES string of the molecule is Cc1ccc(NS(=O)(=O)c2ccc(C(=O)N3CC(CN)CC3C)cc2)cc1.Cl. The molecular formula is C20H26ClN3O3S. The van der Waals surface area contributed by atoms with Crippen LogP contribution in [0.25, 0.3) is 0 Å². The molecule has 1 heterocycles. The van der Waals surface area contributed by atoms with Gasteiger partial charge < -0.3 is 10.6 Å². The Morgan fingerprint density at radius 1 is 1.14 bits per heavy atom. The number of hydrogen-bond acceptors (Lipinski definition) is 4. The Balaban J connectivity index is 0.00000280. The summed E-state index contributed by atoms with van der Waals surface area (Å²) in [6.07, 6.45) is 0.898. The highest BCUT2D eigenvalue weighted by atomic mass is 35.5. The standard InChI is InChI=1S/C20H25N3O3S.ClH/c1-14-3-7-18(8-4-14)22-27(25,26)19-9-5-17(6-10-19)20(24)23-13-16(12-21)11-15(23)2;/h3-10,15-16,22H,11-13,21H2,1-2H3;1H. The van der Waals surface area contributed by atoms with Crippen molar-refractivity contribution in [3.8, 4) is 0 Å². The Kier molecular flexibility index (Phi) is 7.09. The van der Waals surface area contributed by atoms with Gasteiger partial charge in [-0.2, -0.15) is 0 Å². The van der Waals surface area contributed by atoms with E-state index >= 15 is 0 Å². The van der Waals surface area contributed by atoms with Gasteiger partial charge in [0.25, 0.3) is 15.9 Å². The number of halogens is 1. The number of benzene rings is 2. The van der Waals surface area contributed by atoms with Gasteiger partial charge in [0, 0.05) is 23.8 Å². The molecule has 28 heavy (non-hydrogen) atoms. The molecule has 0 bridgehead atoms. The van der Waals surface area contributed by atoms with Crippen LogP contribution in [0.1, 0.15) is 29.3 Å². The summed E-state index contributed by atoms with van der Waals surface area (Å²) in [6.45, 7) is 5.16. The molecular weight excluding hydrogens is 398 g/mol. The Labute approximate surface area is 172 Å². The van der Waals surface area contributed by atoms with Crippen molar-refractivity contribution in [3.05, 3.63) is 59.7 Å². The zero-order valence-electron chi connectivity index (χ0n) is 16.0. The fourth-order valence-electron chi connectivity index (χ4n) is 3.37. The molecule has 1 amide bonds. The summed E-state index contributed by atoms with van der Waals surface area (Å²) in [6, 6.07) is 13.3. The zero-order valence-corrected chi connectivity index (χ0v) is 17.6. The molecule has 2 aromatic carbocycles. The molecule has 8 heteroatoms. The maximum absolute atomic E-state index is 12.7. The number of likely N-dealkylation sites (tertiary alicyclic amines) is 1. The number of nitrogens with one attached hydrogen (secondary N) is 1. The minimum absolute atomic E-state index is 0. The Bertz CT molecular complexity index is 915. The predicted molar refractivity (Wildman–Crippen MR) is 113 cm³/mol. The first-order chi connectivity index (χ1) is 12.8. The quantitative estimate of drug-likeness (QED) is 0.773. The molecule has 0 radical (unpaired) electrons. The summed E-state index contributed by atoms with van der Waals surface area (Å²) in [4.78, 5) is 14.7. The molecule has 0 aromatic heterocycles. The van der Waals surface area contributed by atoms with E-state index in [0.717, 1.165) is 12.0 Å². The molecule has 152 valence electrons. The third-order valence-corrected chi connectivity index (χ3v) is 6.37. The van der Waals surface area contributed by atoms with Crippen molar-refractivity contribution in [3.63, 3.8) is 0 Å². The van der Waals surface area contributed by atoms with Crippen LogP contribution < -0.4 is 10.5 Å². The van der Waals surface area contributed by atoms with E-state index in [4.69, 9.17) is 5.73 Å². The number of anilines is 1. The van der Waals surface area contributed by atoms with Crippen molar-refractivity contribution in [2.45, 2.75) is 31.2 Å². The Morgan fingerprint density at radius 3 is 2.29 bits per heavy atom. The summed E-state index contributed by atoms with van der Waals surface area (Å²) >= 11 is 0. The second-order valence-electron chi connectivity index (χ2n) is 7.14. The lowest BCUT2D eigenvalue weighted by atomic mass is 10.1. The molecule has 3 N–H and O–H groups in total. The van der Waals surface area contributed by atoms with E-state index in [2.05, 4.69) is 4.72 Å². The molecule has 1 aliphatic rings. The average Bonchev–Trinajstić information content (AvgIpc) is 3.04. The fourth-order valence-corrected chi connectivity index (χ4v) is 4.43. The second-order valence-corrected chi connectivity index (χ2v) is 8.82. The molecule has 3 rings (SSSR count). The van der Waals surface area contributed by atoms with E-state index in [0.29, 0.717) is 30.3 Å². The zero-order chi connectivity index (χ0) is 19.6. The van der Waals surface area contributed by atoms with Gasteiger partial charge in [-0.15, -0.1) is 12.4 Å². The van der Waals surface area contributed by atoms with Crippen molar-refractivity contribution in [2.75, 3.05) is 17.8 Å². The first-order valence-corrected chi connectivity index (χ1v) is 10.5. The summed E-state index contributed by atoms with van der Waals surface area (Å²) in [5.41, 5.74) is 7.75. The highest BCUT2D eigenvalue weighted by Crippen LogP contribution is 2.25. The largest absolute Gasteiger partial charge is 0.336 e. The third-order valence-electron chi connectivity index (χ3n) is 4.97. The van der Waals surface area contributed by atoms with Gasteiger partial charge in [0.2, 0.25) is 0 Å². The lowest BCUT2D eigenvalue weighted by Gasteiger charge is -2.21. The molecule has 2 unspecified atom stereocenters. The van der Waals surface area contributed by atoms with E-state index in [-0.39, 0.29) is 29.3 Å². The topological polar surface area (TPSA) is 92.5 Å². The van der Waals surface area contributed by atoms with E-state index < -0.39 is 10.0 Å². The maximum Gasteiger partial charge on any atom is 0.261 e. The molecule has 0 aliphatic carbocycles. The number of amides is 1. The summed E-state index contributed by atoms with van der Waals surface area (Å²) in [7, 11) is -3.70. The van der Waals surface area contributed by atoms with E-state index in [1.54, 1.807) is 24.3 Å². The average molecular weight is 424 g/mol. The highest BCUT2D eigenvalue weighted by Gasteiger charge is 2.32. The smallest absolute Gasteiger partial charge is 0.261 e. The van der Waals surface area contributed by atoms with Crippen molar-refractivity contribution in [1.82, 2.24) is 4.90 Å². The highest BCUT2D eigenvalue weighted by molar-refractivity contribution is 7.92. The third kappa shape index (κ3) is 4.84. The van der Waals surface area contributed by atoms with Gasteiger partial charge in [-0.25, -0.2) is 8.42 Å². The van der Waals surface area contributed by atoms with Gasteiger partial charge in [0.1, 0.15) is 0 Å². The first-order valence-electron chi connectivity index (χ1n) is 9.01. The van der Waals surface area contributed by atoms with Crippen molar-refractivity contribution >= 4 is 34.0 Å². The minimum Gasteiger partial charge on any atom is -0.336 e. The van der Waals surface area contributed by atoms with Crippen LogP contribution in [0.15, 0.2) is 53.4 Å². The Hall–Kier alpha value is -2.09. The maximum atomic E-state index is 12.7. The van der Waals surface area contributed by atoms with Crippen LogP contribution in [0.4, 0.5) is 5.69 Å². The number of hydrogen-bond donors (Lipinski definition) is 2. The van der Waals surface area contributed by atoms with Gasteiger partial charge in [-0.1, -0.05) is 17.7 Å². The normalized spacial score (nSPS) is 19.2. The molecule has 0 saturated carbocycles. The van der Waals surface area contributed by atoms with E-state index in [1.807, 2.05) is 30.9 Å². The fraction of sp³-hybridized carbons (Fsp3) is 0.350. The number of aryl methyl sites for hydroxylation is 1. The van der Waals surface area contributed by atoms with Gasteiger partial charge in [-0.05, 0) is 69.1 Å². The summed E-state index contributed by atoms with van der Waals surface area (Å²) in [5, 5.41) is 0. The van der Waals surface area contributed by atoms with Crippen molar-refractivity contribution in [1.29, 1.82) is 0 Å². The van der Waals surface area contributed by atoms with Crippen LogP contribution in [0, 0.1) is 12.8 Å². The molecule has 1 saturated heterocycles. The van der Waals surface area contributed by atoms with Crippen LogP contribution in [-0.2, 0) is 10.0 Å². The number of carbonyl (C=O) groups is 1. The molecule has 0 spiro atoms. The number of sulfonamides is 1. The van der Waals surface area contributed by atoms with Gasteiger partial charge in [-0.3, -0.25) is 9.52 Å². The second kappa shape index (κ2) is 8.94. The number of rotatable bonds is 5. The van der Waals surface area contributed by atoms with Gasteiger partial charge in [0.05, 0.1) is 4.90 Å². The van der Waals surface area contributed by atoms with Crippen molar-refractivity contribution < 1.29 is 13.2 Å². The lowest BCUT2D eigenvalue weighted by Crippen LogP contribution is -2.34. The molecule has 2 aromatic rings. The molecule has 1 aliphatic heterocycles. The van der Waals surface area contributed by atoms with Crippen LogP contribution in [0.2, 0.25) is 0 Å². The predicted octanol–water partition coefficient (Wildman–Crippen LogP) is 3.03. The minimum atomic E-state index is -3.70. The van der Waals surface area contributed by atoms with Gasteiger partial charge >= 0.3 is 0 Å². The van der Waals surface area contributed by atoms with E-state index in [1.165, 1.54) is 12.1 Å². The van der Waals surface area contributed by atoms with Gasteiger partial charge in [0.15, 0.2) is 0 Å². The van der Waals surface area contributed by atoms with Crippen LogP contribution in [0.3, 0.4) is 0 Å². The van der Waals surface area contributed by atoms with E-state index in [9.17, 15) is 13.2 Å². The van der Waals surface area contributed by atoms with Crippen LogP contribution in [0.5, 0.6) is 0 Å². The lowest BCUT2D eigenvalue weighted by molar-refractivity contribution is 0.0743. The van der Waals surface area contributed by atoms with Crippen LogP contribution >= 0.6 is 12.4 Å². The number of nitrogens with two attached hydrogens (primary N) is 1. The molecule has 6 nitrogen and oxygen atoms in total. The molecule has 2 atom stereocenters. The van der Waals surface area contributed by atoms with Crippen molar-refractivity contribution in [2.24, 2.45) is 11.7 Å². The Morgan fingerprint density at radius 2 is 1.75 bits per heavy atom. The number of carbonyl (C=O) groups excluding carboxylic acids is 1. The van der Waals surface area contributed by atoms with Crippen LogP contribution in [-0.4, -0.2) is 38.4 Å². The summed E-state index contributed by atoms with van der Waals surface area (Å²) < 4.78 is 27.6. The molecule has 1 fully saturated rings.